The molecule has 0 aliphatic carbocycles. The average molecular weight is 439 g/mol. The van der Waals surface area contributed by atoms with E-state index in [1.165, 1.54) is 4.31 Å². The number of carbonyl (C=O) groups is 1. The van der Waals surface area contributed by atoms with Gasteiger partial charge in [0.15, 0.2) is 0 Å². The maximum absolute atomic E-state index is 13.7. The first kappa shape index (κ1) is 23.0. The number of aryl methyl sites for hydroxylation is 1. The van der Waals surface area contributed by atoms with E-state index in [0.717, 1.165) is 12.1 Å². The summed E-state index contributed by atoms with van der Waals surface area (Å²) in [4.78, 5) is 19.7. The zero-order valence-electron chi connectivity index (χ0n) is 18.6. The van der Waals surface area contributed by atoms with E-state index in [4.69, 9.17) is 4.74 Å². The Bertz CT molecular complexity index is 881. The van der Waals surface area contributed by atoms with E-state index in [9.17, 15) is 13.2 Å². The molecular formula is C21H34N4O4S. The van der Waals surface area contributed by atoms with Crippen molar-refractivity contribution >= 4 is 21.7 Å². The Labute approximate surface area is 180 Å². The largest absolute Gasteiger partial charge is 0.379 e. The van der Waals surface area contributed by atoms with E-state index in [-0.39, 0.29) is 16.8 Å². The Balaban J connectivity index is 1.93. The van der Waals surface area contributed by atoms with Gasteiger partial charge >= 0.3 is 0 Å². The summed E-state index contributed by atoms with van der Waals surface area (Å²) in [5.74, 6) is 0.205. The molecule has 1 N–H and O–H groups in total. The molecule has 30 heavy (non-hydrogen) atoms. The van der Waals surface area contributed by atoms with Gasteiger partial charge in [-0.3, -0.25) is 4.79 Å². The number of ether oxygens (including phenoxy) is 1. The summed E-state index contributed by atoms with van der Waals surface area (Å²) in [5, 5.41) is 3.03. The van der Waals surface area contributed by atoms with Crippen LogP contribution >= 0.6 is 0 Å². The van der Waals surface area contributed by atoms with Gasteiger partial charge in [0.05, 0.1) is 12.1 Å². The van der Waals surface area contributed by atoms with Crippen LogP contribution in [0.25, 0.3) is 0 Å². The zero-order valence-corrected chi connectivity index (χ0v) is 19.5. The minimum Gasteiger partial charge on any atom is -0.379 e. The summed E-state index contributed by atoms with van der Waals surface area (Å²) in [6.45, 7) is 11.8. The van der Waals surface area contributed by atoms with Crippen molar-refractivity contribution in [3.8, 4) is 0 Å². The molecular weight excluding hydrogens is 404 g/mol. The van der Waals surface area contributed by atoms with E-state index in [0.29, 0.717) is 45.0 Å². The van der Waals surface area contributed by atoms with E-state index < -0.39 is 21.6 Å². The van der Waals surface area contributed by atoms with E-state index >= 15 is 0 Å². The highest BCUT2D eigenvalue weighted by molar-refractivity contribution is 7.89. The van der Waals surface area contributed by atoms with Gasteiger partial charge < -0.3 is 15.0 Å². The normalized spacial score (nSPS) is 25.1. The van der Waals surface area contributed by atoms with Crippen molar-refractivity contribution < 1.29 is 17.9 Å². The number of sulfonamides is 1. The molecule has 0 aromatic carbocycles. The minimum atomic E-state index is -3.89. The lowest BCUT2D eigenvalue weighted by Crippen LogP contribution is -2.54. The molecule has 3 heterocycles. The third kappa shape index (κ3) is 4.48. The molecule has 2 saturated heterocycles. The predicted molar refractivity (Wildman–Crippen MR) is 116 cm³/mol. The first-order valence-electron chi connectivity index (χ1n) is 10.7. The molecule has 2 fully saturated rings. The average Bonchev–Trinajstić information content (AvgIpc) is 3.31. The van der Waals surface area contributed by atoms with Crippen LogP contribution in [-0.2, 0) is 19.6 Å². The highest BCUT2D eigenvalue weighted by Gasteiger charge is 2.43. The Morgan fingerprint density at radius 3 is 2.77 bits per heavy atom. The summed E-state index contributed by atoms with van der Waals surface area (Å²) in [5.41, 5.74) is 0.315. The number of aromatic nitrogens is 1. The van der Waals surface area contributed by atoms with Crippen LogP contribution in [-0.4, -0.2) is 67.5 Å². The van der Waals surface area contributed by atoms with Gasteiger partial charge in [0.2, 0.25) is 15.9 Å². The number of hydrogen-bond acceptors (Lipinski definition) is 6. The van der Waals surface area contributed by atoms with Gasteiger partial charge in [0, 0.05) is 31.4 Å². The van der Waals surface area contributed by atoms with Crippen molar-refractivity contribution in [1.29, 1.82) is 0 Å². The molecule has 2 atom stereocenters. The Hall–Kier alpha value is -1.71. The lowest BCUT2D eigenvalue weighted by Gasteiger charge is -2.31. The Morgan fingerprint density at radius 1 is 1.43 bits per heavy atom. The minimum absolute atomic E-state index is 0.0956. The predicted octanol–water partition coefficient (Wildman–Crippen LogP) is 2.07. The molecule has 1 aromatic heterocycles. The molecule has 1 unspecified atom stereocenters. The van der Waals surface area contributed by atoms with Gasteiger partial charge in [-0.1, -0.05) is 0 Å². The van der Waals surface area contributed by atoms with Crippen molar-refractivity contribution in [2.24, 2.45) is 0 Å². The monoisotopic (exact) mass is 438 g/mol. The molecule has 0 spiro atoms. The van der Waals surface area contributed by atoms with Gasteiger partial charge in [-0.15, -0.1) is 0 Å². The number of anilines is 1. The quantitative estimate of drug-likeness (QED) is 0.701. The molecule has 1 amide bonds. The molecule has 8 nitrogen and oxygen atoms in total. The number of pyridine rings is 1. The Kier molecular flexibility index (Phi) is 6.74. The van der Waals surface area contributed by atoms with E-state index in [2.05, 4.69) is 10.3 Å². The third-order valence-electron chi connectivity index (χ3n) is 5.95. The van der Waals surface area contributed by atoms with E-state index in [1.807, 2.05) is 39.5 Å². The van der Waals surface area contributed by atoms with Crippen LogP contribution in [0.2, 0.25) is 0 Å². The molecule has 1 aromatic rings. The fraction of sp³-hybridized carbons (Fsp3) is 0.714. The van der Waals surface area contributed by atoms with Crippen molar-refractivity contribution in [1.82, 2.24) is 14.6 Å². The van der Waals surface area contributed by atoms with Crippen LogP contribution < -0.4 is 10.2 Å². The fourth-order valence-corrected chi connectivity index (χ4v) is 6.05. The second kappa shape index (κ2) is 8.80. The number of amides is 1. The first-order chi connectivity index (χ1) is 14.1. The summed E-state index contributed by atoms with van der Waals surface area (Å²) in [6, 6.07) is 2.72. The molecule has 9 heteroatoms. The van der Waals surface area contributed by atoms with Gasteiger partial charge in [-0.25, -0.2) is 13.4 Å². The van der Waals surface area contributed by atoms with Crippen molar-refractivity contribution in [2.45, 2.75) is 76.4 Å². The summed E-state index contributed by atoms with van der Waals surface area (Å²) in [6.07, 6.45) is 1.89. The fourth-order valence-electron chi connectivity index (χ4n) is 4.26. The highest BCUT2D eigenvalue weighted by atomic mass is 32.2. The summed E-state index contributed by atoms with van der Waals surface area (Å²) < 4.78 is 34.2. The maximum Gasteiger partial charge on any atom is 0.247 e. The van der Waals surface area contributed by atoms with Gasteiger partial charge in [0.1, 0.15) is 16.8 Å². The van der Waals surface area contributed by atoms with Crippen LogP contribution in [0.4, 0.5) is 5.82 Å². The third-order valence-corrected chi connectivity index (χ3v) is 7.88. The first-order valence-corrected chi connectivity index (χ1v) is 12.2. The standard InChI is InChI=1S/C21H34N4O4S/c1-6-24(15(2)3)19-18(10-9-16(4)22-19)30(27,28)25-12-7-8-17(25)20(26)23-21(5)11-13-29-14-21/h9-10,15,17H,6-8,11-14H2,1-5H3,(H,23,26)/t17-,21?/m0/s1. The number of carbonyl (C=O) groups excluding carboxylic acids is 1. The number of nitrogens with zero attached hydrogens (tertiary/aromatic N) is 3. The van der Waals surface area contributed by atoms with E-state index in [1.54, 1.807) is 12.1 Å². The SMILES string of the molecule is CCN(c1nc(C)ccc1S(=O)(=O)N1CCC[C@H]1C(=O)NC1(C)CCOC1)C(C)C. The van der Waals surface area contributed by atoms with Gasteiger partial charge in [-0.2, -0.15) is 4.31 Å². The van der Waals surface area contributed by atoms with Crippen LogP contribution in [0.3, 0.4) is 0 Å². The van der Waals surface area contributed by atoms with Crippen LogP contribution in [0, 0.1) is 6.92 Å². The van der Waals surface area contributed by atoms with Crippen molar-refractivity contribution in [2.75, 3.05) is 31.2 Å². The topological polar surface area (TPSA) is 91.8 Å². The van der Waals surface area contributed by atoms with Crippen molar-refractivity contribution in [3.63, 3.8) is 0 Å². The van der Waals surface area contributed by atoms with Crippen LogP contribution in [0.15, 0.2) is 17.0 Å². The van der Waals surface area contributed by atoms with Gasteiger partial charge in [-0.05, 0) is 66.0 Å². The maximum atomic E-state index is 13.7. The second-order valence-corrected chi connectivity index (χ2v) is 10.6. The number of hydrogen-bond donors (Lipinski definition) is 1. The molecule has 0 bridgehead atoms. The molecule has 0 saturated carbocycles. The molecule has 0 radical (unpaired) electrons. The smallest absolute Gasteiger partial charge is 0.247 e. The van der Waals surface area contributed by atoms with Crippen LogP contribution in [0.5, 0.6) is 0 Å². The van der Waals surface area contributed by atoms with Gasteiger partial charge in [0.25, 0.3) is 0 Å². The summed E-state index contributed by atoms with van der Waals surface area (Å²) >= 11 is 0. The highest BCUT2D eigenvalue weighted by Crippen LogP contribution is 2.32. The molecule has 3 rings (SSSR count). The molecule has 2 aliphatic heterocycles. The molecule has 2 aliphatic rings. The number of nitrogens with one attached hydrogen (secondary N) is 1. The van der Waals surface area contributed by atoms with Crippen molar-refractivity contribution in [3.05, 3.63) is 17.8 Å². The van der Waals surface area contributed by atoms with Crippen LogP contribution in [0.1, 0.15) is 52.7 Å². The Morgan fingerprint density at radius 2 is 2.17 bits per heavy atom. The lowest BCUT2D eigenvalue weighted by molar-refractivity contribution is -0.126. The summed E-state index contributed by atoms with van der Waals surface area (Å²) in [7, 11) is -3.89. The number of rotatable bonds is 7. The lowest BCUT2D eigenvalue weighted by atomic mass is 10.0. The molecule has 168 valence electrons. The second-order valence-electron chi connectivity index (χ2n) is 8.78. The zero-order chi connectivity index (χ0) is 22.1.